The van der Waals surface area contributed by atoms with Crippen LogP contribution in [0.4, 0.5) is 5.69 Å². The normalized spacial score (nSPS) is 13.4. The third kappa shape index (κ3) is 2.41. The van der Waals surface area contributed by atoms with E-state index in [0.29, 0.717) is 23.7 Å². The summed E-state index contributed by atoms with van der Waals surface area (Å²) >= 11 is 9.37. The minimum absolute atomic E-state index is 0.0332. The van der Waals surface area contributed by atoms with Crippen LogP contribution in [0.5, 0.6) is 0 Å². The Balaban J connectivity index is 1.89. The van der Waals surface area contributed by atoms with Gasteiger partial charge in [0.05, 0.1) is 5.56 Å². The monoisotopic (exact) mass is 350 g/mol. The van der Waals surface area contributed by atoms with E-state index >= 15 is 0 Å². The van der Waals surface area contributed by atoms with Crippen molar-refractivity contribution in [3.05, 3.63) is 62.6 Å². The Morgan fingerprint density at radius 3 is 2.70 bits per heavy atom. The largest absolute Gasteiger partial charge is 0.399 e. The standard InChI is InChI=1S/C15H12BrClN2O/c16-14-4-2-11(17)6-13(14)15(20)19-7-9-1-3-12(18)5-10(9)8-19/h1-6H,7-8,18H2. The highest BCUT2D eigenvalue weighted by Crippen LogP contribution is 2.29. The van der Waals surface area contributed by atoms with Gasteiger partial charge < -0.3 is 10.6 Å². The quantitative estimate of drug-likeness (QED) is 0.793. The maximum Gasteiger partial charge on any atom is 0.255 e. The molecule has 0 atom stereocenters. The van der Waals surface area contributed by atoms with Crippen LogP contribution in [0.25, 0.3) is 0 Å². The smallest absolute Gasteiger partial charge is 0.255 e. The van der Waals surface area contributed by atoms with Crippen molar-refractivity contribution in [1.29, 1.82) is 0 Å². The molecule has 20 heavy (non-hydrogen) atoms. The van der Waals surface area contributed by atoms with Crippen molar-refractivity contribution in [3.8, 4) is 0 Å². The zero-order chi connectivity index (χ0) is 14.3. The fourth-order valence-electron chi connectivity index (χ4n) is 2.39. The van der Waals surface area contributed by atoms with E-state index in [2.05, 4.69) is 15.9 Å². The van der Waals surface area contributed by atoms with Crippen molar-refractivity contribution in [1.82, 2.24) is 4.90 Å². The first-order valence-electron chi connectivity index (χ1n) is 6.16. The summed E-state index contributed by atoms with van der Waals surface area (Å²) in [6.07, 6.45) is 0. The van der Waals surface area contributed by atoms with Gasteiger partial charge in [-0.3, -0.25) is 4.79 Å². The number of nitrogens with zero attached hydrogens (tertiary/aromatic N) is 1. The Morgan fingerprint density at radius 1 is 1.15 bits per heavy atom. The molecule has 0 fully saturated rings. The molecule has 5 heteroatoms. The molecule has 0 saturated heterocycles. The average Bonchev–Trinajstić information content (AvgIpc) is 2.83. The summed E-state index contributed by atoms with van der Waals surface area (Å²) in [7, 11) is 0. The molecule has 1 aliphatic heterocycles. The number of rotatable bonds is 1. The minimum atomic E-state index is -0.0332. The molecule has 3 nitrogen and oxygen atoms in total. The summed E-state index contributed by atoms with van der Waals surface area (Å²) in [5.74, 6) is -0.0332. The first-order valence-corrected chi connectivity index (χ1v) is 7.33. The van der Waals surface area contributed by atoms with Gasteiger partial charge in [-0.15, -0.1) is 0 Å². The van der Waals surface area contributed by atoms with Gasteiger partial charge in [0.25, 0.3) is 5.91 Å². The van der Waals surface area contributed by atoms with Crippen LogP contribution in [0, 0.1) is 0 Å². The molecule has 0 aromatic heterocycles. The summed E-state index contributed by atoms with van der Waals surface area (Å²) in [4.78, 5) is 14.4. The van der Waals surface area contributed by atoms with Crippen LogP contribution in [-0.4, -0.2) is 10.8 Å². The molecule has 102 valence electrons. The molecule has 0 aliphatic carbocycles. The molecule has 0 bridgehead atoms. The number of benzene rings is 2. The second-order valence-electron chi connectivity index (χ2n) is 4.81. The number of carbonyl (C=O) groups is 1. The van der Waals surface area contributed by atoms with Crippen molar-refractivity contribution in [3.63, 3.8) is 0 Å². The second kappa shape index (κ2) is 5.11. The molecule has 0 saturated carbocycles. The highest BCUT2D eigenvalue weighted by atomic mass is 79.9. The van der Waals surface area contributed by atoms with Gasteiger partial charge in [-0.2, -0.15) is 0 Å². The maximum absolute atomic E-state index is 12.6. The third-order valence-electron chi connectivity index (χ3n) is 3.40. The number of amides is 1. The van der Waals surface area contributed by atoms with Crippen molar-refractivity contribution in [2.75, 3.05) is 5.73 Å². The van der Waals surface area contributed by atoms with Gasteiger partial charge in [-0.25, -0.2) is 0 Å². The molecular weight excluding hydrogens is 340 g/mol. The molecule has 2 aromatic rings. The van der Waals surface area contributed by atoms with Crippen molar-refractivity contribution >= 4 is 39.1 Å². The Hall–Kier alpha value is -1.52. The minimum Gasteiger partial charge on any atom is -0.399 e. The average molecular weight is 352 g/mol. The van der Waals surface area contributed by atoms with E-state index in [1.54, 1.807) is 23.1 Å². The number of halogens is 2. The zero-order valence-electron chi connectivity index (χ0n) is 10.6. The highest BCUT2D eigenvalue weighted by Gasteiger charge is 2.25. The van der Waals surface area contributed by atoms with Crippen molar-refractivity contribution in [2.24, 2.45) is 0 Å². The van der Waals surface area contributed by atoms with Gasteiger partial charge in [-0.1, -0.05) is 17.7 Å². The molecule has 1 amide bonds. The molecule has 3 rings (SSSR count). The molecule has 0 spiro atoms. The van der Waals surface area contributed by atoms with Crippen LogP contribution in [0.15, 0.2) is 40.9 Å². The molecular formula is C15H12BrClN2O. The topological polar surface area (TPSA) is 46.3 Å². The van der Waals surface area contributed by atoms with Crippen LogP contribution in [0.2, 0.25) is 5.02 Å². The van der Waals surface area contributed by atoms with E-state index in [4.69, 9.17) is 17.3 Å². The molecule has 2 N–H and O–H groups in total. The van der Waals surface area contributed by atoms with E-state index in [9.17, 15) is 4.79 Å². The van der Waals surface area contributed by atoms with Gasteiger partial charge in [0, 0.05) is 28.3 Å². The Morgan fingerprint density at radius 2 is 1.90 bits per heavy atom. The predicted molar refractivity (Wildman–Crippen MR) is 83.6 cm³/mol. The lowest BCUT2D eigenvalue weighted by Crippen LogP contribution is -2.25. The molecule has 0 radical (unpaired) electrons. The van der Waals surface area contributed by atoms with Gasteiger partial charge in [0.1, 0.15) is 0 Å². The summed E-state index contributed by atoms with van der Waals surface area (Å²) in [5.41, 5.74) is 9.34. The predicted octanol–water partition coefficient (Wildman–Crippen LogP) is 3.84. The number of nitrogens with two attached hydrogens (primary N) is 1. The Bertz CT molecular complexity index is 702. The lowest BCUT2D eigenvalue weighted by atomic mass is 10.1. The van der Waals surface area contributed by atoms with Gasteiger partial charge in [0.2, 0.25) is 0 Å². The van der Waals surface area contributed by atoms with Crippen LogP contribution < -0.4 is 5.73 Å². The molecule has 2 aromatic carbocycles. The summed E-state index contributed by atoms with van der Waals surface area (Å²) < 4.78 is 0.752. The summed E-state index contributed by atoms with van der Waals surface area (Å²) in [5, 5.41) is 0.553. The second-order valence-corrected chi connectivity index (χ2v) is 6.10. The van der Waals surface area contributed by atoms with Gasteiger partial charge >= 0.3 is 0 Å². The van der Waals surface area contributed by atoms with Crippen LogP contribution in [0.3, 0.4) is 0 Å². The Kier molecular flexibility index (Phi) is 3.44. The first-order chi connectivity index (χ1) is 9.54. The van der Waals surface area contributed by atoms with Crippen molar-refractivity contribution in [2.45, 2.75) is 13.1 Å². The van der Waals surface area contributed by atoms with E-state index in [-0.39, 0.29) is 5.91 Å². The number of carbonyl (C=O) groups excluding carboxylic acids is 1. The van der Waals surface area contributed by atoms with Crippen molar-refractivity contribution < 1.29 is 4.79 Å². The molecule has 1 heterocycles. The molecule has 0 unspecified atom stereocenters. The summed E-state index contributed by atoms with van der Waals surface area (Å²) in [6.45, 7) is 1.19. The van der Waals surface area contributed by atoms with Crippen LogP contribution in [-0.2, 0) is 13.1 Å². The van der Waals surface area contributed by atoms with Gasteiger partial charge in [-0.05, 0) is 57.4 Å². The lowest BCUT2D eigenvalue weighted by molar-refractivity contribution is 0.0750. The van der Waals surface area contributed by atoms with E-state index in [1.807, 2.05) is 18.2 Å². The maximum atomic E-state index is 12.6. The highest BCUT2D eigenvalue weighted by molar-refractivity contribution is 9.10. The number of nitrogen functional groups attached to an aromatic ring is 1. The van der Waals surface area contributed by atoms with Gasteiger partial charge in [0.15, 0.2) is 0 Å². The number of anilines is 1. The van der Waals surface area contributed by atoms with Crippen LogP contribution in [0.1, 0.15) is 21.5 Å². The fourth-order valence-corrected chi connectivity index (χ4v) is 2.98. The van der Waals surface area contributed by atoms with Crippen LogP contribution >= 0.6 is 27.5 Å². The number of hydrogen-bond donors (Lipinski definition) is 1. The zero-order valence-corrected chi connectivity index (χ0v) is 12.9. The SMILES string of the molecule is Nc1ccc2c(c1)CN(C(=O)c1cc(Cl)ccc1Br)C2. The van der Waals surface area contributed by atoms with E-state index in [0.717, 1.165) is 21.3 Å². The third-order valence-corrected chi connectivity index (χ3v) is 4.33. The summed E-state index contributed by atoms with van der Waals surface area (Å²) in [6, 6.07) is 11.0. The lowest BCUT2D eigenvalue weighted by Gasteiger charge is -2.16. The fraction of sp³-hybridized carbons (Fsp3) is 0.133. The van der Waals surface area contributed by atoms with E-state index in [1.165, 1.54) is 0 Å². The number of fused-ring (bicyclic) bond motifs is 1. The molecule has 1 aliphatic rings. The van der Waals surface area contributed by atoms with E-state index < -0.39 is 0 Å². The Labute approximate surface area is 130 Å². The number of hydrogen-bond acceptors (Lipinski definition) is 2. The first kappa shape index (κ1) is 13.5.